The molecule has 0 aromatic heterocycles. The van der Waals surface area contributed by atoms with Gasteiger partial charge in [0.1, 0.15) is 6.61 Å². The molecule has 0 heterocycles. The molecule has 0 aromatic rings. The highest BCUT2D eigenvalue weighted by molar-refractivity contribution is 5.72. The topological polar surface area (TPSA) is 99.1 Å². The van der Waals surface area contributed by atoms with Crippen LogP contribution in [0.25, 0.3) is 0 Å². The SMILES string of the molecule is CC/C=C\C/C=C\C/C=C\C/C=C\C/C=C\CCCCCC(=O)OC(COCCC(C(=O)O)[N+](C)(C)C)COC(=O)CCCCCCC/C=C\C/C=C\CCCCCC. The third kappa shape index (κ3) is 39.7. The number of ether oxygens (including phenoxy) is 3. The Hall–Kier alpha value is -3.49. The van der Waals surface area contributed by atoms with E-state index < -0.39 is 18.1 Å². The van der Waals surface area contributed by atoms with Crippen molar-refractivity contribution in [2.24, 2.45) is 0 Å². The Kier molecular flexibility index (Phi) is 38.8. The molecule has 8 heteroatoms. The van der Waals surface area contributed by atoms with E-state index in [1.807, 2.05) is 21.1 Å². The van der Waals surface area contributed by atoms with E-state index in [0.717, 1.165) is 96.3 Å². The van der Waals surface area contributed by atoms with Crippen molar-refractivity contribution in [2.45, 2.75) is 180 Å². The second-order valence-corrected chi connectivity index (χ2v) is 16.3. The van der Waals surface area contributed by atoms with E-state index in [1.54, 1.807) is 0 Å². The monoisotopic (exact) mass is 825 g/mol. The lowest BCUT2D eigenvalue weighted by atomic mass is 10.1. The third-order valence-electron chi connectivity index (χ3n) is 9.78. The van der Waals surface area contributed by atoms with Crippen LogP contribution in [0, 0.1) is 0 Å². The summed E-state index contributed by atoms with van der Waals surface area (Å²) in [5.74, 6) is -1.54. The predicted octanol–water partition coefficient (Wildman–Crippen LogP) is 12.9. The van der Waals surface area contributed by atoms with Crippen molar-refractivity contribution < 1.29 is 38.2 Å². The van der Waals surface area contributed by atoms with Gasteiger partial charge < -0.3 is 23.8 Å². The number of aliphatic carboxylic acids is 1. The van der Waals surface area contributed by atoms with Gasteiger partial charge in [-0.1, -0.05) is 144 Å². The number of carboxylic acid groups (broad SMARTS) is 1. The minimum atomic E-state index is -0.886. The first-order chi connectivity index (χ1) is 28.6. The van der Waals surface area contributed by atoms with Gasteiger partial charge in [0.2, 0.25) is 0 Å². The fourth-order valence-electron chi connectivity index (χ4n) is 6.21. The standard InChI is InChI=1S/C51H85NO7/c1-6-8-10-12-14-16-18-20-22-24-25-26-28-30-32-34-36-38-40-42-50(54)59-47(45-57-44-43-48(51(55)56)52(3,4)5)46-58-49(53)41-39-37-35-33-31-29-27-23-21-19-17-15-13-11-9-7-2/h8,10,14,16-17,19-20,22-23,25-27,30,32,47-48H,6-7,9,11-13,15,18,21,24,28-29,31,33-46H2,1-5H3/p+1/b10-8-,16-14-,19-17-,22-20-,26-25-,27-23-,32-30-. The van der Waals surface area contributed by atoms with Gasteiger partial charge in [-0.25, -0.2) is 4.79 Å². The highest BCUT2D eigenvalue weighted by Crippen LogP contribution is 2.12. The van der Waals surface area contributed by atoms with Gasteiger partial charge in [0.25, 0.3) is 0 Å². The molecule has 0 aromatic carbocycles. The number of quaternary nitrogens is 1. The summed E-state index contributed by atoms with van der Waals surface area (Å²) in [6.07, 6.45) is 53.4. The van der Waals surface area contributed by atoms with Crippen molar-refractivity contribution in [3.05, 3.63) is 85.1 Å². The van der Waals surface area contributed by atoms with Gasteiger partial charge in [-0.15, -0.1) is 0 Å². The normalized spacial score (nSPS) is 13.7. The second kappa shape index (κ2) is 41.3. The van der Waals surface area contributed by atoms with Crippen molar-refractivity contribution in [2.75, 3.05) is 41.0 Å². The van der Waals surface area contributed by atoms with Gasteiger partial charge in [-0.2, -0.15) is 0 Å². The molecular weight excluding hydrogens is 739 g/mol. The fraction of sp³-hybridized carbons (Fsp3) is 0.667. The molecule has 0 rings (SSSR count). The lowest BCUT2D eigenvalue weighted by molar-refractivity contribution is -0.887. The Bertz CT molecular complexity index is 1240. The number of carbonyl (C=O) groups is 3. The minimum absolute atomic E-state index is 0.0381. The van der Waals surface area contributed by atoms with Crippen LogP contribution in [0.1, 0.15) is 168 Å². The lowest BCUT2D eigenvalue weighted by Gasteiger charge is -2.31. The summed E-state index contributed by atoms with van der Waals surface area (Å²) in [6.45, 7) is 4.54. The van der Waals surface area contributed by atoms with Crippen LogP contribution in [-0.2, 0) is 28.6 Å². The van der Waals surface area contributed by atoms with E-state index in [0.29, 0.717) is 19.3 Å². The maximum absolute atomic E-state index is 12.7. The van der Waals surface area contributed by atoms with Crippen LogP contribution in [-0.4, -0.2) is 80.6 Å². The van der Waals surface area contributed by atoms with Crippen LogP contribution in [0.5, 0.6) is 0 Å². The minimum Gasteiger partial charge on any atom is -0.477 e. The molecule has 0 spiro atoms. The number of hydrogen-bond acceptors (Lipinski definition) is 6. The molecule has 0 radical (unpaired) electrons. The number of esters is 2. The fourth-order valence-corrected chi connectivity index (χ4v) is 6.21. The first-order valence-corrected chi connectivity index (χ1v) is 23.1. The molecule has 2 unspecified atom stereocenters. The van der Waals surface area contributed by atoms with Gasteiger partial charge in [-0.3, -0.25) is 9.59 Å². The Morgan fingerprint density at radius 3 is 1.42 bits per heavy atom. The quantitative estimate of drug-likeness (QED) is 0.0284. The second-order valence-electron chi connectivity index (χ2n) is 16.3. The summed E-state index contributed by atoms with van der Waals surface area (Å²) < 4.78 is 17.3. The molecule has 0 fully saturated rings. The molecule has 0 saturated heterocycles. The Labute approximate surface area is 361 Å². The molecule has 8 nitrogen and oxygen atoms in total. The molecule has 0 bridgehead atoms. The molecular formula is C51H86NO7+. The molecule has 2 atom stereocenters. The zero-order valence-corrected chi connectivity index (χ0v) is 38.2. The van der Waals surface area contributed by atoms with Crippen LogP contribution < -0.4 is 0 Å². The number of rotatable bonds is 40. The van der Waals surface area contributed by atoms with Gasteiger partial charge in [-0.05, 0) is 89.9 Å². The molecule has 0 aliphatic carbocycles. The van der Waals surface area contributed by atoms with Crippen molar-refractivity contribution in [1.82, 2.24) is 0 Å². The lowest BCUT2D eigenvalue weighted by Crippen LogP contribution is -2.50. The first-order valence-electron chi connectivity index (χ1n) is 23.1. The van der Waals surface area contributed by atoms with Crippen molar-refractivity contribution in [3.8, 4) is 0 Å². The number of nitrogens with zero attached hydrogens (tertiary/aromatic N) is 1. The van der Waals surface area contributed by atoms with E-state index in [9.17, 15) is 19.5 Å². The summed E-state index contributed by atoms with van der Waals surface area (Å²) in [5.41, 5.74) is 0. The zero-order chi connectivity index (χ0) is 43.5. The van der Waals surface area contributed by atoms with E-state index in [1.165, 1.54) is 32.1 Å². The summed E-state index contributed by atoms with van der Waals surface area (Å²) in [5, 5.41) is 9.63. The molecule has 0 aliphatic heterocycles. The maximum atomic E-state index is 12.7. The van der Waals surface area contributed by atoms with Crippen LogP contribution in [0.3, 0.4) is 0 Å². The van der Waals surface area contributed by atoms with E-state index in [2.05, 4.69) is 98.9 Å². The van der Waals surface area contributed by atoms with Crippen molar-refractivity contribution in [1.29, 1.82) is 0 Å². The molecule has 0 aliphatic rings. The highest BCUT2D eigenvalue weighted by Gasteiger charge is 2.31. The van der Waals surface area contributed by atoms with E-state index in [-0.39, 0.29) is 42.7 Å². The summed E-state index contributed by atoms with van der Waals surface area (Å²) >= 11 is 0. The van der Waals surface area contributed by atoms with Gasteiger partial charge in [0, 0.05) is 19.3 Å². The van der Waals surface area contributed by atoms with E-state index in [4.69, 9.17) is 14.2 Å². The number of likely N-dealkylation sites (N-methyl/N-ethyl adjacent to an activating group) is 1. The predicted molar refractivity (Wildman–Crippen MR) is 247 cm³/mol. The zero-order valence-electron chi connectivity index (χ0n) is 38.2. The molecule has 336 valence electrons. The van der Waals surface area contributed by atoms with Gasteiger partial charge in [0.05, 0.1) is 34.4 Å². The number of hydrogen-bond donors (Lipinski definition) is 1. The summed E-state index contributed by atoms with van der Waals surface area (Å²) in [7, 11) is 5.50. The molecule has 59 heavy (non-hydrogen) atoms. The maximum Gasteiger partial charge on any atom is 0.362 e. The molecule has 0 amide bonds. The van der Waals surface area contributed by atoms with Crippen LogP contribution in [0.4, 0.5) is 0 Å². The molecule has 1 N–H and O–H groups in total. The third-order valence-corrected chi connectivity index (χ3v) is 9.78. The summed E-state index contributed by atoms with van der Waals surface area (Å²) in [4.78, 5) is 37.0. The van der Waals surface area contributed by atoms with Gasteiger partial charge in [0.15, 0.2) is 12.1 Å². The van der Waals surface area contributed by atoms with Crippen LogP contribution in [0.15, 0.2) is 85.1 Å². The Morgan fingerprint density at radius 1 is 0.525 bits per heavy atom. The van der Waals surface area contributed by atoms with Crippen molar-refractivity contribution >= 4 is 17.9 Å². The highest BCUT2D eigenvalue weighted by atomic mass is 16.6. The number of carbonyl (C=O) groups excluding carboxylic acids is 2. The average molecular weight is 825 g/mol. The average Bonchev–Trinajstić information content (AvgIpc) is 3.19. The van der Waals surface area contributed by atoms with Crippen LogP contribution >= 0.6 is 0 Å². The van der Waals surface area contributed by atoms with Crippen LogP contribution in [0.2, 0.25) is 0 Å². The Balaban J connectivity index is 4.43. The largest absolute Gasteiger partial charge is 0.477 e. The number of carboxylic acids is 1. The van der Waals surface area contributed by atoms with Gasteiger partial charge >= 0.3 is 17.9 Å². The van der Waals surface area contributed by atoms with E-state index >= 15 is 0 Å². The van der Waals surface area contributed by atoms with Crippen molar-refractivity contribution in [3.63, 3.8) is 0 Å². The number of unbranched alkanes of at least 4 members (excludes halogenated alkanes) is 12. The number of allylic oxidation sites excluding steroid dienone is 14. The smallest absolute Gasteiger partial charge is 0.362 e. The first kappa shape index (κ1) is 55.5. The molecule has 0 saturated carbocycles. The Morgan fingerprint density at radius 2 is 0.949 bits per heavy atom. The summed E-state index contributed by atoms with van der Waals surface area (Å²) in [6, 6.07) is -0.628.